The maximum Gasteiger partial charge on any atom is 0.193 e. The smallest absolute Gasteiger partial charge is 0.193 e. The van der Waals surface area contributed by atoms with Gasteiger partial charge >= 0.3 is 0 Å². The number of guanidine groups is 1. The predicted octanol–water partition coefficient (Wildman–Crippen LogP) is 3.04. The van der Waals surface area contributed by atoms with E-state index in [4.69, 9.17) is 4.99 Å². The molecule has 1 aliphatic rings. The summed E-state index contributed by atoms with van der Waals surface area (Å²) in [6, 6.07) is 4.88. The normalized spacial score (nSPS) is 17.6. The number of hydrogen-bond acceptors (Lipinski definition) is 2. The number of benzene rings is 1. The van der Waals surface area contributed by atoms with Gasteiger partial charge in [0, 0.05) is 62.4 Å². The second-order valence-corrected chi connectivity index (χ2v) is 7.37. The predicted molar refractivity (Wildman–Crippen MR) is 110 cm³/mol. The Morgan fingerprint density at radius 3 is 3.11 bits per heavy atom. The summed E-state index contributed by atoms with van der Waals surface area (Å²) >= 11 is 0. The molecule has 1 atom stereocenters. The summed E-state index contributed by atoms with van der Waals surface area (Å²) < 4.78 is 15.2. The Bertz CT molecular complexity index is 972. The molecule has 148 valence electrons. The van der Waals surface area contributed by atoms with E-state index in [1.54, 1.807) is 0 Å². The van der Waals surface area contributed by atoms with E-state index >= 15 is 0 Å². The molecule has 1 aliphatic heterocycles. The second kappa shape index (κ2) is 8.04. The third-order valence-electron chi connectivity index (χ3n) is 5.39. The number of rotatable bonds is 5. The molecular formula is C21H27FN6. The lowest BCUT2D eigenvalue weighted by Crippen LogP contribution is -2.40. The Balaban J connectivity index is 1.42. The zero-order valence-electron chi connectivity index (χ0n) is 16.5. The summed E-state index contributed by atoms with van der Waals surface area (Å²) in [6.07, 6.45) is 7.97. The standard InChI is InChI=1S/C21H27FN6/c1-3-23-21(28-9-7-16(14-28)17-12-26-27(2)13-17)24-8-6-15-11-25-20-10-18(22)4-5-19(15)20/h4-5,10-13,16,25H,3,6-9,14H2,1-2H3,(H,23,24). The molecule has 4 rings (SSSR count). The largest absolute Gasteiger partial charge is 0.361 e. The number of nitrogens with one attached hydrogen (secondary N) is 2. The maximum absolute atomic E-state index is 13.4. The summed E-state index contributed by atoms with van der Waals surface area (Å²) in [5.74, 6) is 1.26. The van der Waals surface area contributed by atoms with Crippen LogP contribution in [0, 0.1) is 5.82 Å². The van der Waals surface area contributed by atoms with Crippen LogP contribution in [0.15, 0.2) is 41.8 Å². The van der Waals surface area contributed by atoms with Gasteiger partial charge in [0.2, 0.25) is 0 Å². The van der Waals surface area contributed by atoms with Gasteiger partial charge in [0.15, 0.2) is 5.96 Å². The van der Waals surface area contributed by atoms with Gasteiger partial charge in [0.05, 0.1) is 6.20 Å². The van der Waals surface area contributed by atoms with Crippen LogP contribution in [0.3, 0.4) is 0 Å². The van der Waals surface area contributed by atoms with Crippen LogP contribution in [0.25, 0.3) is 10.9 Å². The van der Waals surface area contributed by atoms with Crippen molar-refractivity contribution in [3.8, 4) is 0 Å². The van der Waals surface area contributed by atoms with Gasteiger partial charge in [-0.25, -0.2) is 4.39 Å². The van der Waals surface area contributed by atoms with Crippen molar-refractivity contribution in [2.75, 3.05) is 26.2 Å². The van der Waals surface area contributed by atoms with E-state index in [-0.39, 0.29) is 5.82 Å². The Kier molecular flexibility index (Phi) is 5.32. The number of aliphatic imine (C=N–C) groups is 1. The molecule has 0 spiro atoms. The number of H-pyrrole nitrogens is 1. The fraction of sp³-hybridized carbons (Fsp3) is 0.429. The number of fused-ring (bicyclic) bond motifs is 1. The van der Waals surface area contributed by atoms with Crippen LogP contribution in [0.2, 0.25) is 0 Å². The molecule has 0 aliphatic carbocycles. The zero-order valence-corrected chi connectivity index (χ0v) is 16.5. The first-order valence-electron chi connectivity index (χ1n) is 9.91. The fourth-order valence-electron chi connectivity index (χ4n) is 3.95. The summed E-state index contributed by atoms with van der Waals surface area (Å²) in [7, 11) is 1.96. The van der Waals surface area contributed by atoms with Crippen molar-refractivity contribution < 1.29 is 4.39 Å². The molecule has 1 fully saturated rings. The summed E-state index contributed by atoms with van der Waals surface area (Å²) in [4.78, 5) is 10.3. The van der Waals surface area contributed by atoms with Crippen molar-refractivity contribution in [3.63, 3.8) is 0 Å². The molecule has 0 radical (unpaired) electrons. The highest BCUT2D eigenvalue weighted by atomic mass is 19.1. The highest BCUT2D eigenvalue weighted by Crippen LogP contribution is 2.26. The van der Waals surface area contributed by atoms with E-state index in [0.717, 1.165) is 49.3 Å². The fourth-order valence-corrected chi connectivity index (χ4v) is 3.95. The highest BCUT2D eigenvalue weighted by molar-refractivity contribution is 5.83. The van der Waals surface area contributed by atoms with Crippen LogP contribution < -0.4 is 5.32 Å². The molecule has 7 heteroatoms. The van der Waals surface area contributed by atoms with Gasteiger partial charge in [-0.05, 0) is 49.1 Å². The number of halogens is 1. The van der Waals surface area contributed by atoms with Crippen molar-refractivity contribution >= 4 is 16.9 Å². The molecule has 1 unspecified atom stereocenters. The Labute approximate surface area is 164 Å². The monoisotopic (exact) mass is 382 g/mol. The van der Waals surface area contributed by atoms with E-state index in [1.165, 1.54) is 23.3 Å². The molecular weight excluding hydrogens is 355 g/mol. The van der Waals surface area contributed by atoms with Gasteiger partial charge in [-0.2, -0.15) is 5.10 Å². The average Bonchev–Trinajstić information content (AvgIpc) is 3.40. The van der Waals surface area contributed by atoms with E-state index in [2.05, 4.69) is 33.4 Å². The van der Waals surface area contributed by atoms with Crippen LogP contribution in [-0.4, -0.2) is 51.8 Å². The lowest BCUT2D eigenvalue weighted by Gasteiger charge is -2.21. The molecule has 2 N–H and O–H groups in total. The van der Waals surface area contributed by atoms with E-state index < -0.39 is 0 Å². The number of hydrogen-bond donors (Lipinski definition) is 2. The first-order valence-corrected chi connectivity index (χ1v) is 9.91. The first kappa shape index (κ1) is 18.5. The van der Waals surface area contributed by atoms with Crippen LogP contribution in [0.4, 0.5) is 4.39 Å². The third kappa shape index (κ3) is 3.88. The van der Waals surface area contributed by atoms with Gasteiger partial charge in [-0.3, -0.25) is 9.67 Å². The lowest BCUT2D eigenvalue weighted by molar-refractivity contribution is 0.486. The second-order valence-electron chi connectivity index (χ2n) is 7.37. The van der Waals surface area contributed by atoms with Gasteiger partial charge in [-0.15, -0.1) is 0 Å². The number of likely N-dealkylation sites (tertiary alicyclic amines) is 1. The van der Waals surface area contributed by atoms with Gasteiger partial charge in [0.1, 0.15) is 5.82 Å². The van der Waals surface area contributed by atoms with E-state index in [9.17, 15) is 4.39 Å². The average molecular weight is 382 g/mol. The molecule has 0 saturated carbocycles. The first-order chi connectivity index (χ1) is 13.6. The molecule has 1 aromatic carbocycles. The molecule has 28 heavy (non-hydrogen) atoms. The third-order valence-corrected chi connectivity index (χ3v) is 5.39. The molecule has 2 aromatic heterocycles. The molecule has 3 aromatic rings. The van der Waals surface area contributed by atoms with Crippen molar-refractivity contribution in [1.29, 1.82) is 0 Å². The van der Waals surface area contributed by atoms with Gasteiger partial charge in [0.25, 0.3) is 0 Å². The van der Waals surface area contributed by atoms with Crippen molar-refractivity contribution in [3.05, 3.63) is 53.7 Å². The quantitative estimate of drug-likeness (QED) is 0.527. The lowest BCUT2D eigenvalue weighted by atomic mass is 10.0. The Hall–Kier alpha value is -2.83. The van der Waals surface area contributed by atoms with Crippen LogP contribution in [-0.2, 0) is 13.5 Å². The number of aromatic amines is 1. The van der Waals surface area contributed by atoms with E-state index in [1.807, 2.05) is 30.2 Å². The van der Waals surface area contributed by atoms with Gasteiger partial charge in [-0.1, -0.05) is 0 Å². The summed E-state index contributed by atoms with van der Waals surface area (Å²) in [5, 5.41) is 8.79. The zero-order chi connectivity index (χ0) is 19.5. The van der Waals surface area contributed by atoms with Crippen LogP contribution in [0.5, 0.6) is 0 Å². The Morgan fingerprint density at radius 2 is 2.32 bits per heavy atom. The van der Waals surface area contributed by atoms with Crippen molar-refractivity contribution in [1.82, 2.24) is 25.0 Å². The number of nitrogens with zero attached hydrogens (tertiary/aromatic N) is 4. The number of aromatic nitrogens is 3. The van der Waals surface area contributed by atoms with Crippen LogP contribution in [0.1, 0.15) is 30.4 Å². The molecule has 6 nitrogen and oxygen atoms in total. The van der Waals surface area contributed by atoms with Crippen molar-refractivity contribution in [2.45, 2.75) is 25.7 Å². The SMILES string of the molecule is CCNC(=NCCc1c[nH]c2cc(F)ccc12)N1CCC(c2cnn(C)c2)C1. The number of aryl methyl sites for hydroxylation is 1. The highest BCUT2D eigenvalue weighted by Gasteiger charge is 2.26. The molecule has 3 heterocycles. The minimum Gasteiger partial charge on any atom is -0.361 e. The summed E-state index contributed by atoms with van der Waals surface area (Å²) in [6.45, 7) is 5.60. The molecule has 1 saturated heterocycles. The summed E-state index contributed by atoms with van der Waals surface area (Å²) in [5.41, 5.74) is 3.31. The minimum atomic E-state index is -0.217. The maximum atomic E-state index is 13.4. The molecule has 0 amide bonds. The molecule has 0 bridgehead atoms. The van der Waals surface area contributed by atoms with Crippen molar-refractivity contribution in [2.24, 2.45) is 12.0 Å². The van der Waals surface area contributed by atoms with E-state index in [0.29, 0.717) is 12.5 Å². The minimum absolute atomic E-state index is 0.217. The Morgan fingerprint density at radius 1 is 1.43 bits per heavy atom. The van der Waals surface area contributed by atoms with Crippen LogP contribution >= 0.6 is 0 Å². The topological polar surface area (TPSA) is 61.2 Å². The van der Waals surface area contributed by atoms with Gasteiger partial charge < -0.3 is 15.2 Å².